The van der Waals surface area contributed by atoms with Gasteiger partial charge in [-0.3, -0.25) is 29.4 Å². The van der Waals surface area contributed by atoms with Gasteiger partial charge in [0.05, 0.1) is 9.83 Å². The number of carbonyl (C=O) groups excluding carboxylic acids is 2. The van der Waals surface area contributed by atoms with E-state index in [9.17, 15) is 24.5 Å². The van der Waals surface area contributed by atoms with Crippen molar-refractivity contribution in [1.29, 1.82) is 0 Å². The van der Waals surface area contributed by atoms with E-state index in [1.165, 1.54) is 36.1 Å². The van der Waals surface area contributed by atoms with Crippen LogP contribution >= 0.6 is 24.0 Å². The van der Waals surface area contributed by atoms with Gasteiger partial charge >= 0.3 is 5.97 Å². The van der Waals surface area contributed by atoms with Crippen molar-refractivity contribution in [3.63, 3.8) is 0 Å². The number of thioether (sulfide) groups is 1. The van der Waals surface area contributed by atoms with Gasteiger partial charge in [0, 0.05) is 25.1 Å². The lowest BCUT2D eigenvalue weighted by atomic mass is 10.2. The molecule has 9 nitrogen and oxygen atoms in total. The van der Waals surface area contributed by atoms with Crippen LogP contribution in [0.15, 0.2) is 29.2 Å². The third kappa shape index (κ3) is 5.34. The monoisotopic (exact) mass is 409 g/mol. The highest BCUT2D eigenvalue weighted by Gasteiger charge is 2.32. The highest BCUT2D eigenvalue weighted by atomic mass is 32.2. The summed E-state index contributed by atoms with van der Waals surface area (Å²) < 4.78 is 0.284. The van der Waals surface area contributed by atoms with Gasteiger partial charge in [-0.2, -0.15) is 0 Å². The molecular weight excluding hydrogens is 394 g/mol. The molecule has 1 aliphatic heterocycles. The molecule has 0 spiro atoms. The normalized spacial score (nSPS) is 16.5. The van der Waals surface area contributed by atoms with Crippen molar-refractivity contribution in [2.75, 3.05) is 6.54 Å². The number of carboxylic acids is 1. The average Bonchev–Trinajstić information content (AvgIpc) is 2.86. The molecule has 2 rings (SSSR count). The van der Waals surface area contributed by atoms with Crippen LogP contribution in [0.1, 0.15) is 18.9 Å². The second-order valence-corrected chi connectivity index (χ2v) is 7.24. The maximum atomic E-state index is 12.5. The lowest BCUT2D eigenvalue weighted by Gasteiger charge is -2.15. The Morgan fingerprint density at radius 1 is 1.41 bits per heavy atom. The largest absolute Gasteiger partial charge is 0.480 e. The minimum Gasteiger partial charge on any atom is -0.480 e. The van der Waals surface area contributed by atoms with E-state index in [2.05, 4.69) is 5.32 Å². The summed E-state index contributed by atoms with van der Waals surface area (Å²) in [6, 6.07) is 4.68. The number of carboxylic acid groups (broad SMARTS) is 1. The number of nitro benzene ring substituents is 1. The van der Waals surface area contributed by atoms with Crippen LogP contribution in [0.3, 0.4) is 0 Å². The molecule has 1 unspecified atom stereocenters. The lowest BCUT2D eigenvalue weighted by Crippen LogP contribution is -2.40. The van der Waals surface area contributed by atoms with E-state index < -0.39 is 22.8 Å². The standard InChI is InChI=1S/C16H15N3O6S2/c1-9(15(22)23)17-13(20)6-7-18-14(21)12(27-16(18)26)8-10-2-4-11(5-3-10)19(24)25/h2-5,8-9H,6-7H2,1H3,(H,17,20)(H,22,23)/b12-8-. The Balaban J connectivity index is 2.00. The number of nitrogens with zero attached hydrogens (tertiary/aromatic N) is 2. The van der Waals surface area contributed by atoms with Crippen molar-refractivity contribution in [3.05, 3.63) is 44.8 Å². The molecule has 1 fully saturated rings. The Bertz CT molecular complexity index is 837. The number of hydrogen-bond donors (Lipinski definition) is 2. The third-order valence-corrected chi connectivity index (χ3v) is 4.96. The number of nitro groups is 1. The predicted molar refractivity (Wildman–Crippen MR) is 103 cm³/mol. The molecule has 1 heterocycles. The van der Waals surface area contributed by atoms with Gasteiger partial charge in [-0.25, -0.2) is 0 Å². The molecule has 2 amide bonds. The topological polar surface area (TPSA) is 130 Å². The Kier molecular flexibility index (Phi) is 6.64. The fraction of sp³-hybridized carbons (Fsp3) is 0.250. The first-order valence-corrected chi connectivity index (χ1v) is 8.93. The third-order valence-electron chi connectivity index (χ3n) is 3.59. The summed E-state index contributed by atoms with van der Waals surface area (Å²) in [5.74, 6) is -2.03. The lowest BCUT2D eigenvalue weighted by molar-refractivity contribution is -0.384. The molecule has 1 saturated heterocycles. The second-order valence-electron chi connectivity index (χ2n) is 5.56. The summed E-state index contributed by atoms with van der Waals surface area (Å²) in [6.07, 6.45) is 1.48. The van der Waals surface area contributed by atoms with E-state index in [1.54, 1.807) is 6.08 Å². The van der Waals surface area contributed by atoms with Gasteiger partial charge in [0.2, 0.25) is 5.91 Å². The molecule has 27 heavy (non-hydrogen) atoms. The van der Waals surface area contributed by atoms with E-state index in [0.717, 1.165) is 11.8 Å². The maximum absolute atomic E-state index is 12.5. The molecule has 142 valence electrons. The van der Waals surface area contributed by atoms with Crippen LogP contribution < -0.4 is 5.32 Å². The van der Waals surface area contributed by atoms with Crippen LogP contribution in [0.25, 0.3) is 6.08 Å². The highest BCUT2D eigenvalue weighted by molar-refractivity contribution is 8.26. The molecule has 1 aliphatic rings. The molecule has 1 aromatic rings. The summed E-state index contributed by atoms with van der Waals surface area (Å²) in [6.45, 7) is 1.37. The summed E-state index contributed by atoms with van der Waals surface area (Å²) in [7, 11) is 0. The minimum atomic E-state index is -1.15. The van der Waals surface area contributed by atoms with E-state index in [-0.39, 0.29) is 28.9 Å². The molecular formula is C16H15N3O6S2. The number of thiocarbonyl (C=S) groups is 1. The molecule has 0 saturated carbocycles. The summed E-state index contributed by atoms with van der Waals surface area (Å²) in [4.78, 5) is 46.7. The summed E-state index contributed by atoms with van der Waals surface area (Å²) >= 11 is 6.23. The van der Waals surface area contributed by atoms with Crippen molar-refractivity contribution < 1.29 is 24.4 Å². The molecule has 1 aromatic carbocycles. The first-order valence-electron chi connectivity index (χ1n) is 7.71. The number of rotatable bonds is 7. The van der Waals surface area contributed by atoms with Crippen molar-refractivity contribution in [3.8, 4) is 0 Å². The fourth-order valence-electron chi connectivity index (χ4n) is 2.13. The van der Waals surface area contributed by atoms with Gasteiger partial charge < -0.3 is 10.4 Å². The van der Waals surface area contributed by atoms with Crippen molar-refractivity contribution in [1.82, 2.24) is 10.2 Å². The Morgan fingerprint density at radius 2 is 2.04 bits per heavy atom. The fourth-order valence-corrected chi connectivity index (χ4v) is 3.43. The van der Waals surface area contributed by atoms with E-state index in [0.29, 0.717) is 10.5 Å². The number of aliphatic carboxylic acids is 1. The number of benzene rings is 1. The molecule has 0 radical (unpaired) electrons. The van der Waals surface area contributed by atoms with Crippen LogP contribution in [0.2, 0.25) is 0 Å². The zero-order chi connectivity index (χ0) is 20.1. The molecule has 0 aromatic heterocycles. The van der Waals surface area contributed by atoms with Crippen molar-refractivity contribution >= 4 is 57.8 Å². The number of hydrogen-bond acceptors (Lipinski definition) is 7. The van der Waals surface area contributed by atoms with Gasteiger partial charge in [0.15, 0.2) is 0 Å². The zero-order valence-electron chi connectivity index (χ0n) is 14.1. The number of amides is 2. The van der Waals surface area contributed by atoms with Crippen molar-refractivity contribution in [2.45, 2.75) is 19.4 Å². The van der Waals surface area contributed by atoms with Crippen LogP contribution in [0.4, 0.5) is 5.69 Å². The van der Waals surface area contributed by atoms with Crippen molar-refractivity contribution in [2.24, 2.45) is 0 Å². The highest BCUT2D eigenvalue weighted by Crippen LogP contribution is 2.32. The molecule has 11 heteroatoms. The van der Waals surface area contributed by atoms with E-state index >= 15 is 0 Å². The average molecular weight is 409 g/mol. The molecule has 0 aliphatic carbocycles. The summed E-state index contributed by atoms with van der Waals surface area (Å²) in [5.41, 5.74) is 0.551. The van der Waals surface area contributed by atoms with Gasteiger partial charge in [-0.05, 0) is 30.7 Å². The molecule has 2 N–H and O–H groups in total. The van der Waals surface area contributed by atoms with Crippen LogP contribution in [-0.4, -0.2) is 49.6 Å². The Hall–Kier alpha value is -2.79. The van der Waals surface area contributed by atoms with Gasteiger partial charge in [-0.15, -0.1) is 0 Å². The van der Waals surface area contributed by atoms with Gasteiger partial charge in [0.1, 0.15) is 10.4 Å². The SMILES string of the molecule is CC(NC(=O)CCN1C(=O)/C(=C/c2ccc([N+](=O)[O-])cc2)SC1=S)C(=O)O. The predicted octanol–water partition coefficient (Wildman–Crippen LogP) is 1.78. The quantitative estimate of drug-likeness (QED) is 0.302. The van der Waals surface area contributed by atoms with Crippen LogP contribution in [-0.2, 0) is 14.4 Å². The number of nitrogens with one attached hydrogen (secondary N) is 1. The minimum absolute atomic E-state index is 0.0282. The number of non-ortho nitro benzene ring substituents is 1. The number of carbonyl (C=O) groups is 3. The first-order chi connectivity index (χ1) is 12.7. The van der Waals surface area contributed by atoms with Crippen LogP contribution in [0, 0.1) is 10.1 Å². The van der Waals surface area contributed by atoms with Gasteiger partial charge in [0.25, 0.3) is 11.6 Å². The Labute approximate surface area is 163 Å². The Morgan fingerprint density at radius 3 is 2.59 bits per heavy atom. The van der Waals surface area contributed by atoms with Gasteiger partial charge in [-0.1, -0.05) is 24.0 Å². The van der Waals surface area contributed by atoms with E-state index in [1.807, 2.05) is 0 Å². The van der Waals surface area contributed by atoms with Crippen LogP contribution in [0.5, 0.6) is 0 Å². The first kappa shape index (κ1) is 20.5. The smallest absolute Gasteiger partial charge is 0.325 e. The summed E-state index contributed by atoms with van der Waals surface area (Å²) in [5, 5.41) is 21.7. The zero-order valence-corrected chi connectivity index (χ0v) is 15.7. The maximum Gasteiger partial charge on any atom is 0.325 e. The molecule has 1 atom stereocenters. The second kappa shape index (κ2) is 8.73. The van der Waals surface area contributed by atoms with E-state index in [4.69, 9.17) is 17.3 Å². The molecule has 0 bridgehead atoms.